The molecule has 3 aromatic carbocycles. The zero-order valence-electron chi connectivity index (χ0n) is 19.8. The van der Waals surface area contributed by atoms with Crippen LogP contribution in [0.5, 0.6) is 5.75 Å². The lowest BCUT2D eigenvalue weighted by atomic mass is 9.82. The van der Waals surface area contributed by atoms with Crippen molar-refractivity contribution in [2.75, 3.05) is 16.8 Å². The number of imide groups is 1. The fourth-order valence-corrected chi connectivity index (χ4v) is 7.42. The smallest absolute Gasteiger partial charge is 0.305 e. The van der Waals surface area contributed by atoms with Crippen LogP contribution in [0.25, 0.3) is 0 Å². The summed E-state index contributed by atoms with van der Waals surface area (Å²) < 4.78 is 5.96. The lowest BCUT2D eigenvalue weighted by molar-refractivity contribution is -0.122. The van der Waals surface area contributed by atoms with Gasteiger partial charge in [-0.2, -0.15) is 0 Å². The highest BCUT2D eigenvalue weighted by Crippen LogP contribution is 2.54. The third-order valence-corrected chi connectivity index (χ3v) is 8.91. The highest BCUT2D eigenvalue weighted by atomic mass is 32.2. The maximum absolute atomic E-state index is 13.8. The number of nitrogens with zero attached hydrogens (tertiary/aromatic N) is 1. The number of anilines is 2. The molecule has 2 aliphatic rings. The Labute approximate surface area is 225 Å². The topological polar surface area (TPSA) is 109 Å². The van der Waals surface area contributed by atoms with Crippen LogP contribution < -0.4 is 19.8 Å². The number of thioether (sulfide) groups is 1. The zero-order chi connectivity index (χ0) is 26.2. The number of aromatic nitrogens is 1. The standard InChI is InChI=1S/C28H21N3O5S2/c32-20(29-16-9-3-1-4-10-16)15-36-19-14-8-7-13-18(19)21-22-24(37-25-23(21)38-28(35)30-25)27(34)31(26(22)33)17-11-5-2-6-12-17/h1-14,21-22,24H,15H2,(H,29,32)(H,30,35). The Balaban J connectivity index is 1.35. The van der Waals surface area contributed by atoms with Crippen LogP contribution >= 0.6 is 23.1 Å². The molecule has 0 spiro atoms. The van der Waals surface area contributed by atoms with Crippen molar-refractivity contribution >= 4 is 52.2 Å². The molecule has 0 aliphatic carbocycles. The monoisotopic (exact) mass is 543 g/mol. The van der Waals surface area contributed by atoms with Gasteiger partial charge in [0.05, 0.1) is 16.6 Å². The highest BCUT2D eigenvalue weighted by Gasteiger charge is 2.56. The Hall–Kier alpha value is -4.15. The van der Waals surface area contributed by atoms with E-state index >= 15 is 0 Å². The van der Waals surface area contributed by atoms with E-state index in [1.807, 2.05) is 36.4 Å². The van der Waals surface area contributed by atoms with Gasteiger partial charge in [0, 0.05) is 22.0 Å². The maximum Gasteiger partial charge on any atom is 0.305 e. The van der Waals surface area contributed by atoms with E-state index in [-0.39, 0.29) is 29.2 Å². The molecule has 38 heavy (non-hydrogen) atoms. The first kappa shape index (κ1) is 24.2. The molecule has 2 N–H and O–H groups in total. The minimum atomic E-state index is -0.741. The number of fused-ring (bicyclic) bond motifs is 2. The summed E-state index contributed by atoms with van der Waals surface area (Å²) in [5.41, 5.74) is 1.80. The van der Waals surface area contributed by atoms with E-state index in [0.717, 1.165) is 11.3 Å². The van der Waals surface area contributed by atoms with Crippen LogP contribution in [0.3, 0.4) is 0 Å². The molecule has 1 fully saturated rings. The average molecular weight is 544 g/mol. The molecule has 3 atom stereocenters. The number of H-pyrrole nitrogens is 1. The highest BCUT2D eigenvalue weighted by molar-refractivity contribution is 8.00. The van der Waals surface area contributed by atoms with E-state index in [0.29, 0.717) is 32.6 Å². The molecule has 3 heterocycles. The van der Waals surface area contributed by atoms with Crippen molar-refractivity contribution in [1.29, 1.82) is 0 Å². The number of thiazole rings is 1. The molecule has 2 aliphatic heterocycles. The molecular weight excluding hydrogens is 522 g/mol. The number of benzene rings is 3. The number of amides is 3. The second-order valence-corrected chi connectivity index (χ2v) is 11.0. The van der Waals surface area contributed by atoms with Crippen LogP contribution in [0, 0.1) is 5.92 Å². The third kappa shape index (κ3) is 4.31. The number of aromatic amines is 1. The van der Waals surface area contributed by atoms with Gasteiger partial charge in [0.1, 0.15) is 11.0 Å². The van der Waals surface area contributed by atoms with Gasteiger partial charge in [-0.1, -0.05) is 77.7 Å². The van der Waals surface area contributed by atoms with Crippen LogP contribution in [0.15, 0.2) is 94.7 Å². The Morgan fingerprint density at radius 1 is 0.895 bits per heavy atom. The summed E-state index contributed by atoms with van der Waals surface area (Å²) in [5, 5.41) is 2.66. The summed E-state index contributed by atoms with van der Waals surface area (Å²) in [6.07, 6.45) is 0. The zero-order valence-corrected chi connectivity index (χ0v) is 21.5. The van der Waals surface area contributed by atoms with E-state index < -0.39 is 17.1 Å². The van der Waals surface area contributed by atoms with E-state index in [1.54, 1.807) is 48.5 Å². The van der Waals surface area contributed by atoms with Gasteiger partial charge in [0.15, 0.2) is 6.61 Å². The molecule has 0 bridgehead atoms. The summed E-state index contributed by atoms with van der Waals surface area (Å²) in [6.45, 7) is -0.249. The van der Waals surface area contributed by atoms with Crippen LogP contribution in [0.2, 0.25) is 0 Å². The van der Waals surface area contributed by atoms with Crippen molar-refractivity contribution < 1.29 is 19.1 Å². The number of carbonyl (C=O) groups excluding carboxylic acids is 3. The minimum Gasteiger partial charge on any atom is -0.483 e. The fourth-order valence-electron chi connectivity index (χ4n) is 4.91. The summed E-state index contributed by atoms with van der Waals surface area (Å²) in [4.78, 5) is 56.8. The van der Waals surface area contributed by atoms with Crippen molar-refractivity contribution in [2.24, 2.45) is 5.92 Å². The molecular formula is C28H21N3O5S2. The lowest BCUT2D eigenvalue weighted by Crippen LogP contribution is -2.32. The number of rotatable bonds is 6. The van der Waals surface area contributed by atoms with Crippen molar-refractivity contribution in [1.82, 2.24) is 4.98 Å². The molecule has 3 unspecified atom stereocenters. The average Bonchev–Trinajstić information content (AvgIpc) is 3.43. The molecule has 4 aromatic rings. The summed E-state index contributed by atoms with van der Waals surface area (Å²) in [6, 6.07) is 25.0. The SMILES string of the molecule is O=C(COc1ccccc1C1c2sc(=O)[nH]c2SC2C(=O)N(c3ccccc3)C(=O)C21)Nc1ccccc1. The van der Waals surface area contributed by atoms with E-state index in [9.17, 15) is 19.2 Å². The molecule has 10 heteroatoms. The van der Waals surface area contributed by atoms with Gasteiger partial charge in [-0.25, -0.2) is 4.90 Å². The Kier molecular flexibility index (Phi) is 6.34. The number of para-hydroxylation sites is 3. The Morgan fingerprint density at radius 2 is 1.58 bits per heavy atom. The first-order valence-electron chi connectivity index (χ1n) is 11.9. The predicted octanol–water partition coefficient (Wildman–Crippen LogP) is 4.25. The van der Waals surface area contributed by atoms with Crippen molar-refractivity contribution in [2.45, 2.75) is 16.2 Å². The maximum atomic E-state index is 13.8. The van der Waals surface area contributed by atoms with Gasteiger partial charge in [-0.3, -0.25) is 19.2 Å². The lowest BCUT2D eigenvalue weighted by Gasteiger charge is -2.30. The van der Waals surface area contributed by atoms with Gasteiger partial charge >= 0.3 is 4.87 Å². The fraction of sp³-hybridized carbons (Fsp3) is 0.143. The number of carbonyl (C=O) groups is 3. The van der Waals surface area contributed by atoms with Gasteiger partial charge in [-0.15, -0.1) is 0 Å². The molecule has 1 saturated heterocycles. The van der Waals surface area contributed by atoms with Crippen molar-refractivity contribution in [3.05, 3.63) is 105 Å². The minimum absolute atomic E-state index is 0.249. The van der Waals surface area contributed by atoms with Crippen LogP contribution in [-0.4, -0.2) is 34.6 Å². The number of hydrogen-bond acceptors (Lipinski definition) is 7. The molecule has 3 amide bonds. The van der Waals surface area contributed by atoms with Crippen LogP contribution in [0.1, 0.15) is 16.4 Å². The Morgan fingerprint density at radius 3 is 2.34 bits per heavy atom. The van der Waals surface area contributed by atoms with Gasteiger partial charge in [0.2, 0.25) is 11.8 Å². The van der Waals surface area contributed by atoms with Gasteiger partial charge in [-0.05, 0) is 30.3 Å². The quantitative estimate of drug-likeness (QED) is 0.352. The van der Waals surface area contributed by atoms with Crippen LogP contribution in [0.4, 0.5) is 11.4 Å². The third-order valence-electron chi connectivity index (χ3n) is 6.51. The first-order chi connectivity index (χ1) is 18.5. The second-order valence-electron chi connectivity index (χ2n) is 8.84. The number of ether oxygens (including phenoxy) is 1. The largest absolute Gasteiger partial charge is 0.483 e. The molecule has 0 radical (unpaired) electrons. The normalized spacial score (nSPS) is 20.1. The number of hydrogen-bond donors (Lipinski definition) is 2. The summed E-state index contributed by atoms with van der Waals surface area (Å²) >= 11 is 2.25. The van der Waals surface area contributed by atoms with E-state index in [2.05, 4.69) is 10.3 Å². The number of nitrogens with one attached hydrogen (secondary N) is 2. The van der Waals surface area contributed by atoms with E-state index in [1.165, 1.54) is 16.7 Å². The van der Waals surface area contributed by atoms with Gasteiger partial charge in [0.25, 0.3) is 5.91 Å². The molecule has 190 valence electrons. The molecule has 8 nitrogen and oxygen atoms in total. The second kappa shape index (κ2) is 9.96. The van der Waals surface area contributed by atoms with Crippen molar-refractivity contribution in [3.63, 3.8) is 0 Å². The van der Waals surface area contributed by atoms with Crippen molar-refractivity contribution in [3.8, 4) is 5.75 Å². The Bertz CT molecular complexity index is 1580. The predicted molar refractivity (Wildman–Crippen MR) is 146 cm³/mol. The molecule has 1 aromatic heterocycles. The first-order valence-corrected chi connectivity index (χ1v) is 13.6. The van der Waals surface area contributed by atoms with Crippen LogP contribution in [-0.2, 0) is 14.4 Å². The van der Waals surface area contributed by atoms with E-state index in [4.69, 9.17) is 4.74 Å². The van der Waals surface area contributed by atoms with Gasteiger partial charge < -0.3 is 15.0 Å². The molecule has 6 rings (SSSR count). The molecule has 0 saturated carbocycles. The summed E-state index contributed by atoms with van der Waals surface area (Å²) in [7, 11) is 0. The summed E-state index contributed by atoms with van der Waals surface area (Å²) in [5.74, 6) is -1.91.